The lowest BCUT2D eigenvalue weighted by Crippen LogP contribution is -2.56. The number of benzene rings is 3. The van der Waals surface area contributed by atoms with E-state index in [1.165, 1.54) is 12.1 Å². The molecule has 0 bridgehead atoms. The SMILES string of the molecule is CC(C)(C)OC(=O)ON(C(CCO)C(=O)OC(c1ccccc1)c1ccccc1)N1C(=O)c2ccccc2C1=O. The van der Waals surface area contributed by atoms with Gasteiger partial charge in [0, 0.05) is 13.0 Å². The quantitative estimate of drug-likeness (QED) is 0.236. The molecule has 1 heterocycles. The number of hydrazine groups is 1. The van der Waals surface area contributed by atoms with Gasteiger partial charge in [0.05, 0.1) is 11.1 Å². The van der Waals surface area contributed by atoms with Crippen LogP contribution in [0.3, 0.4) is 0 Å². The molecule has 3 aromatic carbocycles. The molecule has 0 spiro atoms. The molecule has 1 aliphatic rings. The first-order chi connectivity index (χ1) is 19.1. The number of carbonyl (C=O) groups is 4. The second-order valence-electron chi connectivity index (χ2n) is 9.99. The maximum absolute atomic E-state index is 13.8. The Hall–Kier alpha value is -4.54. The number of hydrogen-bond acceptors (Lipinski definition) is 9. The summed E-state index contributed by atoms with van der Waals surface area (Å²) >= 11 is 0. The molecular formula is C30H30N2O8. The molecule has 0 radical (unpaired) electrons. The number of amides is 2. The van der Waals surface area contributed by atoms with Crippen LogP contribution >= 0.6 is 0 Å². The summed E-state index contributed by atoms with van der Waals surface area (Å²) in [5.41, 5.74) is 0.458. The summed E-state index contributed by atoms with van der Waals surface area (Å²) in [5, 5.41) is 11.0. The maximum Gasteiger partial charge on any atom is 0.530 e. The average molecular weight is 547 g/mol. The third-order valence-corrected chi connectivity index (χ3v) is 5.91. The van der Waals surface area contributed by atoms with Crippen molar-refractivity contribution in [2.45, 2.75) is 44.9 Å². The molecule has 1 N–H and O–H groups in total. The van der Waals surface area contributed by atoms with Crippen molar-refractivity contribution in [3.63, 3.8) is 0 Å². The van der Waals surface area contributed by atoms with Crippen molar-refractivity contribution in [1.82, 2.24) is 10.2 Å². The lowest BCUT2D eigenvalue weighted by molar-refractivity contribution is -0.248. The van der Waals surface area contributed by atoms with Crippen LogP contribution in [-0.2, 0) is 19.1 Å². The van der Waals surface area contributed by atoms with Gasteiger partial charge in [-0.1, -0.05) is 72.8 Å². The molecule has 0 saturated carbocycles. The molecule has 10 nitrogen and oxygen atoms in total. The summed E-state index contributed by atoms with van der Waals surface area (Å²) in [6.07, 6.45) is -2.48. The molecular weight excluding hydrogens is 516 g/mol. The Morgan fingerprint density at radius 2 is 1.30 bits per heavy atom. The normalized spacial score (nSPS) is 13.8. The van der Waals surface area contributed by atoms with Crippen molar-refractivity contribution in [2.75, 3.05) is 6.61 Å². The summed E-state index contributed by atoms with van der Waals surface area (Å²) in [6, 6.07) is 22.4. The minimum absolute atomic E-state index is 0.0628. The van der Waals surface area contributed by atoms with E-state index in [0.717, 1.165) is 0 Å². The van der Waals surface area contributed by atoms with E-state index < -0.39 is 48.3 Å². The van der Waals surface area contributed by atoms with Crippen molar-refractivity contribution < 1.29 is 38.6 Å². The molecule has 1 unspecified atom stereocenters. The number of rotatable bonds is 9. The molecule has 2 amide bonds. The second kappa shape index (κ2) is 12.1. The highest BCUT2D eigenvalue weighted by Crippen LogP contribution is 2.30. The van der Waals surface area contributed by atoms with Gasteiger partial charge in [-0.2, -0.15) is 5.01 Å². The van der Waals surface area contributed by atoms with Crippen LogP contribution in [0.2, 0.25) is 0 Å². The minimum atomic E-state index is -1.59. The number of aliphatic hydroxyl groups excluding tert-OH is 1. The fraction of sp³-hybridized carbons (Fsp3) is 0.267. The number of hydrogen-bond donors (Lipinski definition) is 1. The lowest BCUT2D eigenvalue weighted by Gasteiger charge is -2.34. The molecule has 3 aromatic rings. The highest BCUT2D eigenvalue weighted by atomic mass is 16.8. The fourth-order valence-corrected chi connectivity index (χ4v) is 4.16. The molecule has 1 atom stereocenters. The van der Waals surface area contributed by atoms with E-state index in [2.05, 4.69) is 0 Å². The zero-order valence-electron chi connectivity index (χ0n) is 22.4. The van der Waals surface area contributed by atoms with Gasteiger partial charge in [0.2, 0.25) is 0 Å². The van der Waals surface area contributed by atoms with Crippen LogP contribution < -0.4 is 0 Å². The standard InChI is InChI=1S/C30H30N2O8/c1-30(2,3)39-29(37)40-32(31-26(34)22-16-10-11-17-23(22)27(31)35)24(18-19-33)28(36)38-25(20-12-6-4-7-13-20)21-14-8-5-9-15-21/h4-17,24-25,33H,18-19H2,1-3H3. The van der Waals surface area contributed by atoms with Crippen LogP contribution in [0.1, 0.15) is 65.1 Å². The summed E-state index contributed by atoms with van der Waals surface area (Å²) < 4.78 is 11.2. The van der Waals surface area contributed by atoms with Gasteiger partial charge < -0.3 is 19.4 Å². The Balaban J connectivity index is 1.72. The van der Waals surface area contributed by atoms with Crippen molar-refractivity contribution in [3.05, 3.63) is 107 Å². The number of hydroxylamine groups is 1. The van der Waals surface area contributed by atoms with Gasteiger partial charge in [-0.25, -0.2) is 4.79 Å². The van der Waals surface area contributed by atoms with E-state index in [4.69, 9.17) is 14.3 Å². The monoisotopic (exact) mass is 546 g/mol. The van der Waals surface area contributed by atoms with Crippen LogP contribution in [0, 0.1) is 0 Å². The Bertz CT molecular complexity index is 1300. The number of fused-ring (bicyclic) bond motifs is 1. The van der Waals surface area contributed by atoms with E-state index in [1.807, 2.05) is 12.1 Å². The van der Waals surface area contributed by atoms with Crippen LogP contribution in [0.5, 0.6) is 0 Å². The Morgan fingerprint density at radius 1 is 0.825 bits per heavy atom. The molecule has 4 rings (SSSR count). The van der Waals surface area contributed by atoms with E-state index in [9.17, 15) is 24.3 Å². The topological polar surface area (TPSA) is 123 Å². The molecule has 208 valence electrons. The maximum atomic E-state index is 13.8. The average Bonchev–Trinajstić information content (AvgIpc) is 3.18. The highest BCUT2D eigenvalue weighted by Gasteiger charge is 2.47. The van der Waals surface area contributed by atoms with Gasteiger partial charge in [-0.15, -0.1) is 0 Å². The van der Waals surface area contributed by atoms with Gasteiger partial charge in [-0.05, 0) is 49.2 Å². The molecule has 0 aromatic heterocycles. The van der Waals surface area contributed by atoms with Crippen molar-refractivity contribution in [1.29, 1.82) is 0 Å². The largest absolute Gasteiger partial charge is 0.530 e. The van der Waals surface area contributed by atoms with Gasteiger partial charge >= 0.3 is 12.1 Å². The Labute approximate surface area is 231 Å². The number of nitrogens with zero attached hydrogens (tertiary/aromatic N) is 2. The number of esters is 1. The predicted octanol–water partition coefficient (Wildman–Crippen LogP) is 4.45. The van der Waals surface area contributed by atoms with E-state index in [1.54, 1.807) is 81.4 Å². The van der Waals surface area contributed by atoms with Gasteiger partial charge in [0.15, 0.2) is 12.1 Å². The van der Waals surface area contributed by atoms with Crippen molar-refractivity contribution >= 4 is 23.9 Å². The first-order valence-electron chi connectivity index (χ1n) is 12.7. The van der Waals surface area contributed by atoms with Gasteiger partial charge in [0.25, 0.3) is 11.8 Å². The molecule has 10 heteroatoms. The number of ether oxygens (including phenoxy) is 2. The first kappa shape index (κ1) is 28.5. The number of carbonyl (C=O) groups excluding carboxylic acids is 4. The molecule has 40 heavy (non-hydrogen) atoms. The van der Waals surface area contributed by atoms with Crippen molar-refractivity contribution in [2.24, 2.45) is 0 Å². The summed E-state index contributed by atoms with van der Waals surface area (Å²) in [6.45, 7) is 4.25. The number of imide groups is 1. The zero-order valence-corrected chi connectivity index (χ0v) is 22.4. The summed E-state index contributed by atoms with van der Waals surface area (Å²) in [5.74, 6) is -2.59. The zero-order chi connectivity index (χ0) is 28.9. The third-order valence-electron chi connectivity index (χ3n) is 5.91. The first-order valence-corrected chi connectivity index (χ1v) is 12.7. The van der Waals surface area contributed by atoms with Gasteiger partial charge in [0.1, 0.15) is 5.60 Å². The van der Waals surface area contributed by atoms with Gasteiger partial charge in [-0.3, -0.25) is 14.4 Å². The third kappa shape index (κ3) is 6.36. The fourth-order valence-electron chi connectivity index (χ4n) is 4.16. The Kier molecular flexibility index (Phi) is 8.61. The number of aliphatic hydroxyl groups is 1. The van der Waals surface area contributed by atoms with Crippen LogP contribution in [0.4, 0.5) is 4.79 Å². The molecule has 0 aliphatic carbocycles. The van der Waals surface area contributed by atoms with Crippen LogP contribution in [-0.4, -0.2) is 57.5 Å². The van der Waals surface area contributed by atoms with Crippen molar-refractivity contribution in [3.8, 4) is 0 Å². The molecule has 0 saturated heterocycles. The van der Waals surface area contributed by atoms with E-state index in [0.29, 0.717) is 21.3 Å². The molecule has 0 fully saturated rings. The van der Waals surface area contributed by atoms with E-state index in [-0.39, 0.29) is 17.5 Å². The molecule has 1 aliphatic heterocycles. The Morgan fingerprint density at radius 3 is 1.75 bits per heavy atom. The van der Waals surface area contributed by atoms with Crippen LogP contribution in [0.15, 0.2) is 84.9 Å². The van der Waals surface area contributed by atoms with Crippen LogP contribution in [0.25, 0.3) is 0 Å². The highest BCUT2D eigenvalue weighted by molar-refractivity contribution is 6.21. The predicted molar refractivity (Wildman–Crippen MR) is 142 cm³/mol. The lowest BCUT2D eigenvalue weighted by atomic mass is 10.0. The smallest absolute Gasteiger partial charge is 0.451 e. The summed E-state index contributed by atoms with van der Waals surface area (Å²) in [7, 11) is 0. The van der Waals surface area contributed by atoms with E-state index >= 15 is 0 Å². The minimum Gasteiger partial charge on any atom is -0.451 e. The summed E-state index contributed by atoms with van der Waals surface area (Å²) in [4.78, 5) is 58.6. The second-order valence-corrected chi connectivity index (χ2v) is 9.99.